The SMILES string of the molecule is CSCCC(C(=O)NC(CCCN=C(N)N)C(=O)O)n1c(=O)[nH]c2ccccc2c1=O. The average Bonchev–Trinajstić information content (AvgIpc) is 2.72. The average molecular weight is 451 g/mol. The van der Waals surface area contributed by atoms with E-state index in [1.54, 1.807) is 24.3 Å². The summed E-state index contributed by atoms with van der Waals surface area (Å²) in [5.41, 5.74) is 9.51. The van der Waals surface area contributed by atoms with Crippen molar-refractivity contribution >= 4 is 40.5 Å². The normalized spacial score (nSPS) is 12.8. The number of benzene rings is 1. The van der Waals surface area contributed by atoms with Gasteiger partial charge in [-0.3, -0.25) is 14.6 Å². The van der Waals surface area contributed by atoms with Crippen LogP contribution in [0.1, 0.15) is 25.3 Å². The van der Waals surface area contributed by atoms with Crippen LogP contribution in [0.4, 0.5) is 0 Å². The monoisotopic (exact) mass is 450 g/mol. The van der Waals surface area contributed by atoms with Gasteiger partial charge in [0.1, 0.15) is 12.1 Å². The van der Waals surface area contributed by atoms with Gasteiger partial charge in [-0.05, 0) is 43.4 Å². The van der Waals surface area contributed by atoms with Gasteiger partial charge in [0.2, 0.25) is 5.91 Å². The number of aromatic nitrogens is 2. The number of hydrogen-bond donors (Lipinski definition) is 5. The van der Waals surface area contributed by atoms with E-state index in [0.29, 0.717) is 17.7 Å². The molecule has 11 nitrogen and oxygen atoms in total. The third kappa shape index (κ3) is 6.35. The number of nitrogens with zero attached hydrogens (tertiary/aromatic N) is 2. The van der Waals surface area contributed by atoms with Crippen molar-refractivity contribution in [3.8, 4) is 0 Å². The summed E-state index contributed by atoms with van der Waals surface area (Å²) in [5, 5.41) is 12.2. The minimum Gasteiger partial charge on any atom is -0.480 e. The highest BCUT2D eigenvalue weighted by Gasteiger charge is 2.28. The molecule has 0 aliphatic rings. The van der Waals surface area contributed by atoms with Gasteiger partial charge in [0.05, 0.1) is 10.9 Å². The van der Waals surface area contributed by atoms with Crippen LogP contribution in [0.5, 0.6) is 0 Å². The Hall–Kier alpha value is -3.28. The molecule has 2 rings (SSSR count). The van der Waals surface area contributed by atoms with Crippen molar-refractivity contribution in [1.82, 2.24) is 14.9 Å². The number of para-hydroxylation sites is 1. The van der Waals surface area contributed by atoms with Gasteiger partial charge in [-0.1, -0.05) is 12.1 Å². The number of nitrogens with two attached hydrogens (primary N) is 2. The highest BCUT2D eigenvalue weighted by atomic mass is 32.2. The number of H-pyrrole nitrogens is 1. The van der Waals surface area contributed by atoms with Crippen LogP contribution in [0.25, 0.3) is 10.9 Å². The minimum atomic E-state index is -1.23. The number of aromatic amines is 1. The van der Waals surface area contributed by atoms with Gasteiger partial charge in [0, 0.05) is 6.54 Å². The molecule has 1 amide bonds. The zero-order valence-electron chi connectivity index (χ0n) is 17.0. The van der Waals surface area contributed by atoms with E-state index in [4.69, 9.17) is 11.5 Å². The number of fused-ring (bicyclic) bond motifs is 1. The molecular weight excluding hydrogens is 424 g/mol. The van der Waals surface area contributed by atoms with E-state index in [-0.39, 0.29) is 30.7 Å². The Morgan fingerprint density at radius 3 is 2.61 bits per heavy atom. The maximum absolute atomic E-state index is 13.0. The molecule has 0 fully saturated rings. The van der Waals surface area contributed by atoms with Crippen LogP contribution >= 0.6 is 11.8 Å². The van der Waals surface area contributed by atoms with Crippen molar-refractivity contribution < 1.29 is 14.7 Å². The fourth-order valence-electron chi connectivity index (χ4n) is 3.09. The highest BCUT2D eigenvalue weighted by Crippen LogP contribution is 2.14. The molecule has 0 bridgehead atoms. The molecule has 7 N–H and O–H groups in total. The molecule has 2 aromatic rings. The molecule has 12 heteroatoms. The number of carbonyl (C=O) groups is 2. The Labute approximate surface area is 181 Å². The second-order valence-corrected chi connectivity index (χ2v) is 7.78. The van der Waals surface area contributed by atoms with Gasteiger partial charge in [0.25, 0.3) is 5.56 Å². The zero-order chi connectivity index (χ0) is 23.0. The summed E-state index contributed by atoms with van der Waals surface area (Å²) in [6, 6.07) is 4.11. The number of rotatable bonds is 11. The van der Waals surface area contributed by atoms with Gasteiger partial charge in [-0.2, -0.15) is 11.8 Å². The van der Waals surface area contributed by atoms with Crippen LogP contribution in [0.15, 0.2) is 38.8 Å². The first kappa shape index (κ1) is 24.0. The summed E-state index contributed by atoms with van der Waals surface area (Å²) in [4.78, 5) is 56.6. The van der Waals surface area contributed by atoms with Crippen LogP contribution < -0.4 is 28.0 Å². The first-order chi connectivity index (χ1) is 14.8. The van der Waals surface area contributed by atoms with Gasteiger partial charge in [-0.25, -0.2) is 14.2 Å². The van der Waals surface area contributed by atoms with Gasteiger partial charge < -0.3 is 26.9 Å². The minimum absolute atomic E-state index is 0.0794. The second-order valence-electron chi connectivity index (χ2n) is 6.80. The van der Waals surface area contributed by atoms with Crippen molar-refractivity contribution in [2.24, 2.45) is 16.5 Å². The Balaban J connectivity index is 2.33. The van der Waals surface area contributed by atoms with E-state index in [9.17, 15) is 24.3 Å². The Morgan fingerprint density at radius 2 is 1.97 bits per heavy atom. The van der Waals surface area contributed by atoms with Crippen molar-refractivity contribution in [1.29, 1.82) is 0 Å². The van der Waals surface area contributed by atoms with Crippen molar-refractivity contribution in [2.45, 2.75) is 31.3 Å². The van der Waals surface area contributed by atoms with Gasteiger partial charge >= 0.3 is 11.7 Å². The molecule has 0 aliphatic carbocycles. The summed E-state index contributed by atoms with van der Waals surface area (Å²) in [6.45, 7) is 0.210. The van der Waals surface area contributed by atoms with Crippen molar-refractivity contribution in [3.63, 3.8) is 0 Å². The maximum Gasteiger partial charge on any atom is 0.329 e. The summed E-state index contributed by atoms with van der Waals surface area (Å²) >= 11 is 1.44. The van der Waals surface area contributed by atoms with Crippen LogP contribution in [0, 0.1) is 0 Å². The molecule has 2 unspecified atom stereocenters. The third-order valence-corrected chi connectivity index (χ3v) is 5.25. The fraction of sp³-hybridized carbons (Fsp3) is 0.421. The molecule has 0 saturated heterocycles. The molecule has 0 spiro atoms. The summed E-state index contributed by atoms with van der Waals surface area (Å²) < 4.78 is 0.853. The van der Waals surface area contributed by atoms with E-state index >= 15 is 0 Å². The van der Waals surface area contributed by atoms with Crippen LogP contribution in [-0.4, -0.2) is 57.1 Å². The fourth-order valence-corrected chi connectivity index (χ4v) is 3.55. The number of carboxylic acid groups (broad SMARTS) is 1. The molecule has 2 atom stereocenters. The quantitative estimate of drug-likeness (QED) is 0.174. The molecule has 0 radical (unpaired) electrons. The van der Waals surface area contributed by atoms with Crippen LogP contribution in [0.2, 0.25) is 0 Å². The van der Waals surface area contributed by atoms with Crippen LogP contribution in [0.3, 0.4) is 0 Å². The summed E-state index contributed by atoms with van der Waals surface area (Å²) in [5.74, 6) is -1.57. The Kier molecular flexibility index (Phi) is 8.67. The number of carbonyl (C=O) groups excluding carboxylic acids is 1. The highest BCUT2D eigenvalue weighted by molar-refractivity contribution is 7.98. The number of amides is 1. The number of aliphatic carboxylic acids is 1. The first-order valence-corrected chi connectivity index (χ1v) is 11.0. The zero-order valence-corrected chi connectivity index (χ0v) is 17.9. The first-order valence-electron chi connectivity index (χ1n) is 9.57. The van der Waals surface area contributed by atoms with E-state index in [1.165, 1.54) is 11.8 Å². The number of nitrogens with one attached hydrogen (secondary N) is 2. The summed E-state index contributed by atoms with van der Waals surface area (Å²) in [6.07, 6.45) is 2.40. The number of carboxylic acids is 1. The molecular formula is C19H26N6O5S. The summed E-state index contributed by atoms with van der Waals surface area (Å²) in [7, 11) is 0. The van der Waals surface area contributed by atoms with Crippen molar-refractivity contribution in [3.05, 3.63) is 45.1 Å². The lowest BCUT2D eigenvalue weighted by Gasteiger charge is -2.21. The molecule has 1 aromatic carbocycles. The molecule has 31 heavy (non-hydrogen) atoms. The Bertz CT molecular complexity index is 1080. The largest absolute Gasteiger partial charge is 0.480 e. The van der Waals surface area contributed by atoms with E-state index < -0.39 is 35.2 Å². The lowest BCUT2D eigenvalue weighted by Crippen LogP contribution is -2.49. The lowest BCUT2D eigenvalue weighted by molar-refractivity contribution is -0.142. The van der Waals surface area contributed by atoms with Gasteiger partial charge in [-0.15, -0.1) is 0 Å². The molecule has 0 aliphatic heterocycles. The third-order valence-electron chi connectivity index (χ3n) is 4.61. The molecule has 0 saturated carbocycles. The second kappa shape index (κ2) is 11.2. The van der Waals surface area contributed by atoms with Gasteiger partial charge in [0.15, 0.2) is 5.96 Å². The van der Waals surface area contributed by atoms with E-state index in [2.05, 4.69) is 15.3 Å². The predicted molar refractivity (Wildman–Crippen MR) is 120 cm³/mol. The topological polar surface area (TPSA) is 186 Å². The number of aliphatic imine (C=N–C) groups is 1. The predicted octanol–water partition coefficient (Wildman–Crippen LogP) is -0.393. The Morgan fingerprint density at radius 1 is 1.26 bits per heavy atom. The molecule has 1 aromatic heterocycles. The molecule has 168 valence electrons. The number of guanidine groups is 1. The standard InChI is InChI=1S/C19H26N6O5S/c1-31-10-8-14(15(26)23-13(17(28)29)7-4-9-22-18(20)21)25-16(27)11-5-2-3-6-12(11)24-19(25)30/h2-3,5-6,13-14H,4,7-10H2,1H3,(H,23,26)(H,24,30)(H,28,29)(H4,20,21,22). The smallest absolute Gasteiger partial charge is 0.329 e. The maximum atomic E-state index is 13.0. The van der Waals surface area contributed by atoms with E-state index in [1.807, 2.05) is 6.26 Å². The van der Waals surface area contributed by atoms with Crippen LogP contribution in [-0.2, 0) is 9.59 Å². The molecule has 1 heterocycles. The number of hydrogen-bond acceptors (Lipinski definition) is 6. The van der Waals surface area contributed by atoms with E-state index in [0.717, 1.165) is 4.57 Å². The number of thioether (sulfide) groups is 1. The van der Waals surface area contributed by atoms with Crippen molar-refractivity contribution in [2.75, 3.05) is 18.6 Å². The lowest BCUT2D eigenvalue weighted by atomic mass is 10.1.